The van der Waals surface area contributed by atoms with Gasteiger partial charge in [0, 0.05) is 6.04 Å². The van der Waals surface area contributed by atoms with Crippen LogP contribution in [0.1, 0.15) is 13.8 Å². The van der Waals surface area contributed by atoms with Crippen molar-refractivity contribution in [1.82, 2.24) is 4.90 Å². The molecular formula is C9H13N. The molecule has 0 aliphatic rings. The van der Waals surface area contributed by atoms with Crippen molar-refractivity contribution in [2.45, 2.75) is 19.9 Å². The minimum absolute atomic E-state index is 0.437. The van der Waals surface area contributed by atoms with Gasteiger partial charge in [0.15, 0.2) is 0 Å². The molecule has 1 heteroatoms. The molecule has 0 radical (unpaired) electrons. The lowest BCUT2D eigenvalue weighted by Gasteiger charge is -2.20. The Balaban J connectivity index is 3.78. The standard InChI is InChI=1S/C9H13N/c1-5-7-10(8-6-2)9(3)4/h1-2,9H,7-8H2,3-4H3. The fourth-order valence-corrected chi connectivity index (χ4v) is 0.656. The van der Waals surface area contributed by atoms with E-state index >= 15 is 0 Å². The van der Waals surface area contributed by atoms with Crippen LogP contribution in [0.15, 0.2) is 0 Å². The number of hydrogen-bond acceptors (Lipinski definition) is 1. The molecule has 0 rings (SSSR count). The lowest BCUT2D eigenvalue weighted by atomic mass is 10.3. The summed E-state index contributed by atoms with van der Waals surface area (Å²) in [6.45, 7) is 5.44. The largest absolute Gasteiger partial charge is 0.279 e. The first-order chi connectivity index (χ1) is 4.72. The molecule has 0 aromatic heterocycles. The van der Waals surface area contributed by atoms with Gasteiger partial charge >= 0.3 is 0 Å². The highest BCUT2D eigenvalue weighted by Gasteiger charge is 2.03. The van der Waals surface area contributed by atoms with E-state index in [1.165, 1.54) is 0 Å². The Labute approximate surface area is 63.4 Å². The first-order valence-electron chi connectivity index (χ1n) is 3.33. The number of terminal acetylenes is 2. The van der Waals surface area contributed by atoms with Crippen molar-refractivity contribution in [1.29, 1.82) is 0 Å². The highest BCUT2D eigenvalue weighted by Crippen LogP contribution is 1.94. The third-order valence-corrected chi connectivity index (χ3v) is 1.32. The fraction of sp³-hybridized carbons (Fsp3) is 0.556. The summed E-state index contributed by atoms with van der Waals surface area (Å²) in [4.78, 5) is 2.06. The van der Waals surface area contributed by atoms with Gasteiger partial charge in [-0.05, 0) is 13.8 Å². The Morgan fingerprint density at radius 3 is 1.80 bits per heavy atom. The zero-order chi connectivity index (χ0) is 7.98. The molecule has 0 unspecified atom stereocenters. The van der Waals surface area contributed by atoms with E-state index in [1.54, 1.807) is 0 Å². The van der Waals surface area contributed by atoms with Crippen molar-refractivity contribution in [2.24, 2.45) is 0 Å². The lowest BCUT2D eigenvalue weighted by molar-refractivity contribution is 0.281. The molecule has 0 aromatic carbocycles. The summed E-state index contributed by atoms with van der Waals surface area (Å²) in [5.41, 5.74) is 0. The molecular weight excluding hydrogens is 122 g/mol. The van der Waals surface area contributed by atoms with Gasteiger partial charge in [-0.3, -0.25) is 4.90 Å². The highest BCUT2D eigenvalue weighted by atomic mass is 15.1. The molecule has 0 bridgehead atoms. The minimum Gasteiger partial charge on any atom is -0.279 e. The quantitative estimate of drug-likeness (QED) is 0.521. The second-order valence-corrected chi connectivity index (χ2v) is 2.41. The van der Waals surface area contributed by atoms with E-state index in [0.29, 0.717) is 19.1 Å². The number of hydrogen-bond donors (Lipinski definition) is 0. The van der Waals surface area contributed by atoms with Gasteiger partial charge in [-0.15, -0.1) is 12.8 Å². The van der Waals surface area contributed by atoms with Gasteiger partial charge in [-0.25, -0.2) is 0 Å². The summed E-state index contributed by atoms with van der Waals surface area (Å²) < 4.78 is 0. The monoisotopic (exact) mass is 135 g/mol. The predicted octanol–water partition coefficient (Wildman–Crippen LogP) is 0.963. The SMILES string of the molecule is C#CCN(CC#C)C(C)C. The summed E-state index contributed by atoms with van der Waals surface area (Å²) in [7, 11) is 0. The average Bonchev–Trinajstić information content (AvgIpc) is 1.87. The summed E-state index contributed by atoms with van der Waals surface area (Å²) in [6.07, 6.45) is 10.3. The average molecular weight is 135 g/mol. The molecule has 1 nitrogen and oxygen atoms in total. The van der Waals surface area contributed by atoms with E-state index in [4.69, 9.17) is 12.8 Å². The molecule has 0 aromatic rings. The van der Waals surface area contributed by atoms with Gasteiger partial charge in [0.2, 0.25) is 0 Å². The molecule has 54 valence electrons. The first kappa shape index (κ1) is 9.08. The van der Waals surface area contributed by atoms with E-state index in [1.807, 2.05) is 0 Å². The summed E-state index contributed by atoms with van der Waals surface area (Å²) in [5.74, 6) is 5.13. The molecule has 0 fully saturated rings. The third kappa shape index (κ3) is 3.17. The van der Waals surface area contributed by atoms with Crippen LogP contribution in [0.25, 0.3) is 0 Å². The van der Waals surface area contributed by atoms with Crippen LogP contribution < -0.4 is 0 Å². The predicted molar refractivity (Wildman–Crippen MR) is 44.4 cm³/mol. The van der Waals surface area contributed by atoms with Gasteiger partial charge in [0.05, 0.1) is 13.1 Å². The minimum atomic E-state index is 0.437. The second-order valence-electron chi connectivity index (χ2n) is 2.41. The van der Waals surface area contributed by atoms with Crippen LogP contribution in [-0.4, -0.2) is 24.0 Å². The van der Waals surface area contributed by atoms with Crippen molar-refractivity contribution in [2.75, 3.05) is 13.1 Å². The molecule has 0 heterocycles. The Morgan fingerprint density at radius 1 is 1.20 bits per heavy atom. The van der Waals surface area contributed by atoms with Crippen molar-refractivity contribution in [3.63, 3.8) is 0 Å². The van der Waals surface area contributed by atoms with Crippen LogP contribution in [-0.2, 0) is 0 Å². The van der Waals surface area contributed by atoms with Gasteiger partial charge in [-0.1, -0.05) is 11.8 Å². The zero-order valence-electron chi connectivity index (χ0n) is 6.59. The van der Waals surface area contributed by atoms with Crippen molar-refractivity contribution in [3.05, 3.63) is 0 Å². The van der Waals surface area contributed by atoms with Gasteiger partial charge in [-0.2, -0.15) is 0 Å². The maximum atomic E-state index is 5.14. The van der Waals surface area contributed by atoms with E-state index < -0.39 is 0 Å². The van der Waals surface area contributed by atoms with Crippen LogP contribution >= 0.6 is 0 Å². The van der Waals surface area contributed by atoms with Crippen LogP contribution in [0.4, 0.5) is 0 Å². The first-order valence-corrected chi connectivity index (χ1v) is 3.33. The molecule has 10 heavy (non-hydrogen) atoms. The molecule has 0 saturated carbocycles. The Kier molecular flexibility index (Phi) is 4.46. The molecule has 0 spiro atoms. The number of rotatable bonds is 3. The molecule has 0 N–H and O–H groups in total. The Morgan fingerprint density at radius 2 is 1.60 bits per heavy atom. The van der Waals surface area contributed by atoms with E-state index in [0.717, 1.165) is 0 Å². The Hall–Kier alpha value is -0.920. The molecule has 0 aliphatic heterocycles. The van der Waals surface area contributed by atoms with Crippen LogP contribution in [0, 0.1) is 24.7 Å². The smallest absolute Gasteiger partial charge is 0.0609 e. The van der Waals surface area contributed by atoms with Crippen molar-refractivity contribution < 1.29 is 0 Å². The van der Waals surface area contributed by atoms with Crippen LogP contribution in [0.5, 0.6) is 0 Å². The summed E-state index contributed by atoms with van der Waals surface area (Å²) in [6, 6.07) is 0.437. The summed E-state index contributed by atoms with van der Waals surface area (Å²) in [5, 5.41) is 0. The van der Waals surface area contributed by atoms with Crippen molar-refractivity contribution in [3.8, 4) is 24.7 Å². The van der Waals surface area contributed by atoms with E-state index in [9.17, 15) is 0 Å². The lowest BCUT2D eigenvalue weighted by Crippen LogP contribution is -2.31. The van der Waals surface area contributed by atoms with Gasteiger partial charge in [0.1, 0.15) is 0 Å². The van der Waals surface area contributed by atoms with Crippen molar-refractivity contribution >= 4 is 0 Å². The van der Waals surface area contributed by atoms with Gasteiger partial charge in [0.25, 0.3) is 0 Å². The maximum Gasteiger partial charge on any atom is 0.0609 e. The maximum absolute atomic E-state index is 5.14. The van der Waals surface area contributed by atoms with E-state index in [-0.39, 0.29) is 0 Å². The van der Waals surface area contributed by atoms with Crippen LogP contribution in [0.2, 0.25) is 0 Å². The van der Waals surface area contributed by atoms with E-state index in [2.05, 4.69) is 30.6 Å². The van der Waals surface area contributed by atoms with Crippen LogP contribution in [0.3, 0.4) is 0 Å². The second kappa shape index (κ2) is 4.91. The highest BCUT2D eigenvalue weighted by molar-refractivity contribution is 4.95. The topological polar surface area (TPSA) is 3.24 Å². The fourth-order valence-electron chi connectivity index (χ4n) is 0.656. The third-order valence-electron chi connectivity index (χ3n) is 1.32. The summed E-state index contributed by atoms with van der Waals surface area (Å²) >= 11 is 0. The van der Waals surface area contributed by atoms with Gasteiger partial charge < -0.3 is 0 Å². The molecule has 0 aliphatic carbocycles. The molecule has 0 atom stereocenters. The molecule has 0 amide bonds. The Bertz CT molecular complexity index is 141. The normalized spacial score (nSPS) is 9.40. The zero-order valence-corrected chi connectivity index (χ0v) is 6.59. The number of nitrogens with zero attached hydrogens (tertiary/aromatic N) is 1. The molecule has 0 saturated heterocycles.